The van der Waals surface area contributed by atoms with Crippen LogP contribution in [0.5, 0.6) is 0 Å². The van der Waals surface area contributed by atoms with Crippen molar-refractivity contribution >= 4 is 33.5 Å². The third kappa shape index (κ3) is 5.27. The number of fused-ring (bicyclic) bond motifs is 1. The Morgan fingerprint density at radius 3 is 2.47 bits per heavy atom. The number of hydrogen-bond donors (Lipinski definition) is 0. The summed E-state index contributed by atoms with van der Waals surface area (Å²) in [5.74, 6) is -1.12. The molecule has 8 nitrogen and oxygen atoms in total. The van der Waals surface area contributed by atoms with Crippen LogP contribution in [-0.2, 0) is 37.3 Å². The zero-order valence-electron chi connectivity index (χ0n) is 19.1. The van der Waals surface area contributed by atoms with Crippen LogP contribution in [0.25, 0.3) is 0 Å². The van der Waals surface area contributed by atoms with Crippen LogP contribution in [0, 0.1) is 0 Å². The summed E-state index contributed by atoms with van der Waals surface area (Å²) in [5.41, 5.74) is 2.07. The summed E-state index contributed by atoms with van der Waals surface area (Å²) in [6.45, 7) is 4.69. The number of carbonyl (C=O) groups excluding carboxylic acids is 2. The van der Waals surface area contributed by atoms with Crippen molar-refractivity contribution in [2.45, 2.75) is 43.9 Å². The van der Waals surface area contributed by atoms with E-state index in [1.54, 1.807) is 4.90 Å². The van der Waals surface area contributed by atoms with Crippen molar-refractivity contribution in [2.75, 3.05) is 26.2 Å². The van der Waals surface area contributed by atoms with Gasteiger partial charge in [-0.25, -0.2) is 13.2 Å². The highest BCUT2D eigenvalue weighted by molar-refractivity contribution is 7.89. The molecule has 2 aromatic carbocycles. The summed E-state index contributed by atoms with van der Waals surface area (Å²) >= 11 is 6.23. The molecule has 2 aliphatic heterocycles. The number of ether oxygens (including phenoxy) is 2. The van der Waals surface area contributed by atoms with Gasteiger partial charge in [0, 0.05) is 26.2 Å². The van der Waals surface area contributed by atoms with Crippen molar-refractivity contribution in [1.82, 2.24) is 9.21 Å². The lowest BCUT2D eigenvalue weighted by atomic mass is 10.0. The Hall–Kier alpha value is -2.46. The van der Waals surface area contributed by atoms with E-state index in [4.69, 9.17) is 21.1 Å². The lowest BCUT2D eigenvalue weighted by Crippen LogP contribution is -2.49. The highest BCUT2D eigenvalue weighted by Crippen LogP contribution is 2.30. The Morgan fingerprint density at radius 1 is 1.09 bits per heavy atom. The third-order valence-electron chi connectivity index (χ3n) is 5.98. The van der Waals surface area contributed by atoms with Gasteiger partial charge in [-0.3, -0.25) is 4.79 Å². The highest BCUT2D eigenvalue weighted by Gasteiger charge is 2.31. The summed E-state index contributed by atoms with van der Waals surface area (Å²) in [5, 5.41) is 0.0165. The van der Waals surface area contributed by atoms with Gasteiger partial charge in [0.25, 0.3) is 5.91 Å². The molecule has 0 saturated carbocycles. The number of rotatable bonds is 5. The molecule has 10 heteroatoms. The van der Waals surface area contributed by atoms with Gasteiger partial charge in [0.15, 0.2) is 6.61 Å². The molecule has 1 amide bonds. The molecular formula is C24H27ClN2O6S. The molecule has 4 rings (SSSR count). The van der Waals surface area contributed by atoms with E-state index in [1.165, 1.54) is 22.5 Å². The Morgan fingerprint density at radius 2 is 1.76 bits per heavy atom. The topological polar surface area (TPSA) is 93.2 Å². The second kappa shape index (κ2) is 10.0. The molecule has 2 aliphatic rings. The van der Waals surface area contributed by atoms with Crippen LogP contribution in [0.4, 0.5) is 0 Å². The number of esters is 1. The minimum absolute atomic E-state index is 0.0110. The second-order valence-corrected chi connectivity index (χ2v) is 10.9. The van der Waals surface area contributed by atoms with Crippen LogP contribution in [0.1, 0.15) is 35.3 Å². The smallest absolute Gasteiger partial charge is 0.338 e. The minimum atomic E-state index is -3.95. The molecule has 1 fully saturated rings. The van der Waals surface area contributed by atoms with E-state index in [9.17, 15) is 18.0 Å². The molecule has 2 atom stereocenters. The van der Waals surface area contributed by atoms with Crippen LogP contribution < -0.4 is 0 Å². The van der Waals surface area contributed by atoms with Crippen molar-refractivity contribution < 1.29 is 27.5 Å². The number of halogens is 1. The summed E-state index contributed by atoms with van der Waals surface area (Å²) in [4.78, 5) is 26.5. The van der Waals surface area contributed by atoms with Crippen molar-refractivity contribution in [1.29, 1.82) is 0 Å². The molecule has 0 aliphatic carbocycles. The summed E-state index contributed by atoms with van der Waals surface area (Å²) < 4.78 is 38.8. The number of hydrogen-bond acceptors (Lipinski definition) is 6. The van der Waals surface area contributed by atoms with Gasteiger partial charge >= 0.3 is 5.97 Å². The largest absolute Gasteiger partial charge is 0.452 e. The predicted molar refractivity (Wildman–Crippen MR) is 126 cm³/mol. The molecule has 182 valence electrons. The van der Waals surface area contributed by atoms with Gasteiger partial charge < -0.3 is 14.4 Å². The van der Waals surface area contributed by atoms with Gasteiger partial charge in [-0.05, 0) is 49.6 Å². The fourth-order valence-corrected chi connectivity index (χ4v) is 6.24. The molecule has 1 saturated heterocycles. The van der Waals surface area contributed by atoms with Gasteiger partial charge in [0.05, 0.1) is 22.8 Å². The Kier molecular flexibility index (Phi) is 7.28. The molecule has 0 N–H and O–H groups in total. The predicted octanol–water partition coefficient (Wildman–Crippen LogP) is 2.88. The quantitative estimate of drug-likeness (QED) is 0.579. The normalized spacial score (nSPS) is 21.1. The number of amides is 1. The Bertz CT molecular complexity index is 1190. The van der Waals surface area contributed by atoms with Crippen LogP contribution in [0.3, 0.4) is 0 Å². The van der Waals surface area contributed by atoms with E-state index in [0.717, 1.165) is 11.1 Å². The maximum absolute atomic E-state index is 13.3. The van der Waals surface area contributed by atoms with Gasteiger partial charge in [-0.1, -0.05) is 35.9 Å². The fourth-order valence-electron chi connectivity index (χ4n) is 4.33. The number of sulfonamides is 1. The van der Waals surface area contributed by atoms with Crippen molar-refractivity contribution in [3.63, 3.8) is 0 Å². The van der Waals surface area contributed by atoms with Crippen molar-refractivity contribution in [3.05, 3.63) is 64.2 Å². The van der Waals surface area contributed by atoms with E-state index in [1.807, 2.05) is 38.1 Å². The molecule has 0 radical (unpaired) electrons. The van der Waals surface area contributed by atoms with Crippen molar-refractivity contribution in [3.8, 4) is 0 Å². The number of morpholine rings is 1. The van der Waals surface area contributed by atoms with Crippen molar-refractivity contribution in [2.24, 2.45) is 0 Å². The van der Waals surface area contributed by atoms with Crippen LogP contribution >= 0.6 is 11.6 Å². The molecule has 0 bridgehead atoms. The summed E-state index contributed by atoms with van der Waals surface area (Å²) in [6, 6.07) is 11.7. The van der Waals surface area contributed by atoms with Crippen LogP contribution in [-0.4, -0.2) is 67.9 Å². The maximum Gasteiger partial charge on any atom is 0.338 e. The number of nitrogens with zero attached hydrogens (tertiary/aromatic N) is 2. The molecule has 0 spiro atoms. The highest BCUT2D eigenvalue weighted by atomic mass is 35.5. The number of benzene rings is 2. The van der Waals surface area contributed by atoms with E-state index in [0.29, 0.717) is 26.1 Å². The summed E-state index contributed by atoms with van der Waals surface area (Å²) in [7, 11) is -3.95. The molecule has 2 aromatic rings. The van der Waals surface area contributed by atoms with Gasteiger partial charge in [-0.15, -0.1) is 0 Å². The lowest BCUT2D eigenvalue weighted by Gasteiger charge is -2.35. The first-order chi connectivity index (χ1) is 16.1. The first kappa shape index (κ1) is 24.7. The van der Waals surface area contributed by atoms with E-state index in [2.05, 4.69) is 0 Å². The lowest BCUT2D eigenvalue weighted by molar-refractivity contribution is -0.146. The Labute approximate surface area is 204 Å². The molecule has 2 unspecified atom stereocenters. The molecule has 2 heterocycles. The number of carbonyl (C=O) groups is 2. The first-order valence-corrected chi connectivity index (χ1v) is 12.9. The van der Waals surface area contributed by atoms with E-state index in [-0.39, 0.29) is 40.1 Å². The zero-order chi connectivity index (χ0) is 24.5. The second-order valence-electron chi connectivity index (χ2n) is 8.63. The van der Waals surface area contributed by atoms with E-state index >= 15 is 0 Å². The average molecular weight is 507 g/mol. The minimum Gasteiger partial charge on any atom is -0.452 e. The van der Waals surface area contributed by atoms with E-state index < -0.39 is 22.6 Å². The average Bonchev–Trinajstić information content (AvgIpc) is 2.81. The standard InChI is InChI=1S/C24H27ClN2O6S/c1-16-12-26(13-17(2)33-16)23(28)15-32-24(29)19-7-8-21(25)22(11-19)34(30,31)27-10-9-18-5-3-4-6-20(18)14-27/h3-8,11,16-17H,9-10,12-15H2,1-2H3. The SMILES string of the molecule is CC1CN(C(=O)COC(=O)c2ccc(Cl)c(S(=O)(=O)N3CCc4ccccc4C3)c2)CC(C)O1. The first-order valence-electron chi connectivity index (χ1n) is 11.1. The molecule has 0 aromatic heterocycles. The summed E-state index contributed by atoms with van der Waals surface area (Å²) in [6.07, 6.45) is 0.388. The molecule has 34 heavy (non-hydrogen) atoms. The molecular weight excluding hydrogens is 480 g/mol. The van der Waals surface area contributed by atoms with Crippen LogP contribution in [0.15, 0.2) is 47.4 Å². The third-order valence-corrected chi connectivity index (χ3v) is 8.31. The monoisotopic (exact) mass is 506 g/mol. The zero-order valence-corrected chi connectivity index (χ0v) is 20.6. The maximum atomic E-state index is 13.3. The van der Waals surface area contributed by atoms with Gasteiger partial charge in [0.2, 0.25) is 10.0 Å². The van der Waals surface area contributed by atoms with Gasteiger partial charge in [-0.2, -0.15) is 4.31 Å². The van der Waals surface area contributed by atoms with Crippen LogP contribution in [0.2, 0.25) is 5.02 Å². The van der Waals surface area contributed by atoms with Gasteiger partial charge in [0.1, 0.15) is 4.90 Å². The fraction of sp³-hybridized carbons (Fsp3) is 0.417. The Balaban J connectivity index is 1.46.